The van der Waals surface area contributed by atoms with Gasteiger partial charge in [-0.3, -0.25) is 14.7 Å². The van der Waals surface area contributed by atoms with Crippen molar-refractivity contribution in [3.8, 4) is 5.75 Å². The summed E-state index contributed by atoms with van der Waals surface area (Å²) >= 11 is 0. The van der Waals surface area contributed by atoms with Crippen LogP contribution in [0.1, 0.15) is 27.2 Å². The van der Waals surface area contributed by atoms with E-state index < -0.39 is 5.66 Å². The van der Waals surface area contributed by atoms with Crippen LogP contribution in [0.15, 0.2) is 72.9 Å². The number of hydrogen-bond donors (Lipinski definition) is 2. The average Bonchev–Trinajstić information content (AvgIpc) is 3.21. The lowest BCUT2D eigenvalue weighted by molar-refractivity contribution is 0.0195. The highest BCUT2D eigenvalue weighted by molar-refractivity contribution is 5.98. The summed E-state index contributed by atoms with van der Waals surface area (Å²) in [6.45, 7) is 1.34. The maximum Gasteiger partial charge on any atom is 0.319 e. The van der Waals surface area contributed by atoms with Crippen molar-refractivity contribution in [3.63, 3.8) is 0 Å². The minimum Gasteiger partial charge on any atom is -0.508 e. The number of carbonyl (C=O) groups excluding carboxylic acids is 2. The molecular formula is C25H24N4O3. The van der Waals surface area contributed by atoms with E-state index >= 15 is 0 Å². The molecule has 3 aromatic rings. The van der Waals surface area contributed by atoms with Crippen LogP contribution in [0.2, 0.25) is 0 Å². The SMILES string of the molecule is O=C(NCCc1ccccc1)N1CCN2C(=O)c3cccnc3CC12c1ccc(O)cc1. The lowest BCUT2D eigenvalue weighted by Gasteiger charge is -2.46. The Kier molecular flexibility index (Phi) is 5.01. The first kappa shape index (κ1) is 20.1. The topological polar surface area (TPSA) is 85.8 Å². The van der Waals surface area contributed by atoms with Gasteiger partial charge < -0.3 is 15.3 Å². The Morgan fingerprint density at radius 3 is 2.59 bits per heavy atom. The predicted molar refractivity (Wildman–Crippen MR) is 119 cm³/mol. The van der Waals surface area contributed by atoms with Crippen LogP contribution >= 0.6 is 0 Å². The normalized spacial score (nSPS) is 19.4. The summed E-state index contributed by atoms with van der Waals surface area (Å²) in [5.74, 6) is 0.00114. The van der Waals surface area contributed by atoms with Crippen LogP contribution in [-0.4, -0.2) is 51.5 Å². The number of aromatic nitrogens is 1. The molecule has 0 radical (unpaired) electrons. The zero-order valence-corrected chi connectivity index (χ0v) is 17.6. The van der Waals surface area contributed by atoms with Gasteiger partial charge in [-0.25, -0.2) is 4.79 Å². The maximum atomic E-state index is 13.4. The first-order valence-electron chi connectivity index (χ1n) is 10.7. The van der Waals surface area contributed by atoms with E-state index in [1.54, 1.807) is 52.4 Å². The Bertz CT molecular complexity index is 1150. The Morgan fingerprint density at radius 2 is 1.81 bits per heavy atom. The number of benzene rings is 2. The Labute approximate surface area is 186 Å². The number of hydrogen-bond acceptors (Lipinski definition) is 4. The van der Waals surface area contributed by atoms with Crippen LogP contribution in [0, 0.1) is 0 Å². The van der Waals surface area contributed by atoms with Crippen molar-refractivity contribution >= 4 is 11.9 Å². The first-order chi connectivity index (χ1) is 15.6. The number of urea groups is 1. The van der Waals surface area contributed by atoms with E-state index in [1.165, 1.54) is 0 Å². The van der Waals surface area contributed by atoms with Gasteiger partial charge in [-0.1, -0.05) is 42.5 Å². The predicted octanol–water partition coefficient (Wildman–Crippen LogP) is 2.91. The quantitative estimate of drug-likeness (QED) is 0.669. The number of aromatic hydroxyl groups is 1. The van der Waals surface area contributed by atoms with Crippen molar-refractivity contribution < 1.29 is 14.7 Å². The van der Waals surface area contributed by atoms with Crippen LogP contribution in [0.25, 0.3) is 0 Å². The summed E-state index contributed by atoms with van der Waals surface area (Å²) in [7, 11) is 0. The zero-order chi connectivity index (χ0) is 22.1. The molecule has 3 heterocycles. The van der Waals surface area contributed by atoms with Crippen LogP contribution in [0.4, 0.5) is 4.79 Å². The molecule has 5 rings (SSSR count). The smallest absolute Gasteiger partial charge is 0.319 e. The van der Waals surface area contributed by atoms with E-state index in [9.17, 15) is 14.7 Å². The second-order valence-corrected chi connectivity index (χ2v) is 8.11. The summed E-state index contributed by atoms with van der Waals surface area (Å²) in [6, 6.07) is 20.0. The molecule has 0 saturated carbocycles. The number of phenolic OH excluding ortho intramolecular Hbond substituents is 1. The van der Waals surface area contributed by atoms with Gasteiger partial charge in [0.25, 0.3) is 5.91 Å². The standard InChI is InChI=1S/C25H24N4O3/c30-20-10-8-19(9-11-20)25-17-22-21(7-4-13-26-22)23(31)28(25)15-16-29(25)24(32)27-14-12-18-5-2-1-3-6-18/h1-11,13,30H,12,14-17H2,(H,27,32). The molecule has 3 amide bonds. The van der Waals surface area contributed by atoms with E-state index in [0.29, 0.717) is 37.3 Å². The second kappa shape index (κ2) is 8.00. The van der Waals surface area contributed by atoms with Crippen molar-refractivity contribution in [1.82, 2.24) is 20.1 Å². The molecule has 1 atom stereocenters. The van der Waals surface area contributed by atoms with Crippen LogP contribution in [-0.2, 0) is 18.5 Å². The zero-order valence-electron chi connectivity index (χ0n) is 17.6. The minimum atomic E-state index is -0.983. The second-order valence-electron chi connectivity index (χ2n) is 8.11. The Balaban J connectivity index is 1.48. The van der Waals surface area contributed by atoms with Crippen molar-refractivity contribution in [2.45, 2.75) is 18.5 Å². The molecule has 2 aliphatic heterocycles. The summed E-state index contributed by atoms with van der Waals surface area (Å²) in [5.41, 5.74) is 2.19. The number of pyridine rings is 1. The maximum absolute atomic E-state index is 13.4. The van der Waals surface area contributed by atoms with E-state index in [2.05, 4.69) is 10.3 Å². The molecule has 1 aromatic heterocycles. The van der Waals surface area contributed by atoms with Crippen molar-refractivity contribution in [3.05, 3.63) is 95.3 Å². The van der Waals surface area contributed by atoms with E-state index in [-0.39, 0.29) is 17.7 Å². The van der Waals surface area contributed by atoms with Crippen LogP contribution < -0.4 is 5.32 Å². The number of fused-ring (bicyclic) bond motifs is 2. The molecule has 0 bridgehead atoms. The highest BCUT2D eigenvalue weighted by Gasteiger charge is 2.56. The molecule has 0 aliphatic carbocycles. The monoisotopic (exact) mass is 428 g/mol. The van der Waals surface area contributed by atoms with Gasteiger partial charge in [-0.2, -0.15) is 0 Å². The molecule has 162 valence electrons. The molecule has 0 spiro atoms. The number of carbonyl (C=O) groups is 2. The number of nitrogens with one attached hydrogen (secondary N) is 1. The Hall–Kier alpha value is -3.87. The summed E-state index contributed by atoms with van der Waals surface area (Å²) in [6.07, 6.45) is 2.79. The van der Waals surface area contributed by atoms with Gasteiger partial charge in [0.15, 0.2) is 5.66 Å². The molecule has 1 fully saturated rings. The van der Waals surface area contributed by atoms with Gasteiger partial charge in [0.2, 0.25) is 0 Å². The highest BCUT2D eigenvalue weighted by Crippen LogP contribution is 2.44. The van der Waals surface area contributed by atoms with Crippen LogP contribution in [0.3, 0.4) is 0 Å². The van der Waals surface area contributed by atoms with E-state index in [1.807, 2.05) is 30.3 Å². The number of nitrogens with zero attached hydrogens (tertiary/aromatic N) is 3. The molecule has 32 heavy (non-hydrogen) atoms. The lowest BCUT2D eigenvalue weighted by atomic mass is 9.86. The third kappa shape index (κ3) is 3.26. The fraction of sp³-hybridized carbons (Fsp3) is 0.240. The molecule has 1 unspecified atom stereocenters. The largest absolute Gasteiger partial charge is 0.508 e. The average molecular weight is 428 g/mol. The summed E-state index contributed by atoms with van der Waals surface area (Å²) < 4.78 is 0. The molecular weight excluding hydrogens is 404 g/mol. The minimum absolute atomic E-state index is 0.132. The van der Waals surface area contributed by atoms with Gasteiger partial charge in [-0.15, -0.1) is 0 Å². The number of rotatable bonds is 4. The van der Waals surface area contributed by atoms with E-state index in [0.717, 1.165) is 17.5 Å². The summed E-state index contributed by atoms with van der Waals surface area (Å²) in [5, 5.41) is 12.8. The number of amides is 3. The van der Waals surface area contributed by atoms with Gasteiger partial charge >= 0.3 is 6.03 Å². The van der Waals surface area contributed by atoms with Gasteiger partial charge in [0.1, 0.15) is 5.75 Å². The van der Waals surface area contributed by atoms with Crippen LogP contribution in [0.5, 0.6) is 5.75 Å². The van der Waals surface area contributed by atoms with Gasteiger partial charge in [0, 0.05) is 32.3 Å². The molecule has 2 aliphatic rings. The van der Waals surface area contributed by atoms with E-state index in [4.69, 9.17) is 0 Å². The fourth-order valence-electron chi connectivity index (χ4n) is 4.79. The van der Waals surface area contributed by atoms with Crippen molar-refractivity contribution in [1.29, 1.82) is 0 Å². The lowest BCUT2D eigenvalue weighted by Crippen LogP contribution is -2.60. The molecule has 2 N–H and O–H groups in total. The first-order valence-corrected chi connectivity index (χ1v) is 10.7. The van der Waals surface area contributed by atoms with Crippen molar-refractivity contribution in [2.75, 3.05) is 19.6 Å². The highest BCUT2D eigenvalue weighted by atomic mass is 16.3. The molecule has 7 heteroatoms. The van der Waals surface area contributed by atoms with Crippen molar-refractivity contribution in [2.24, 2.45) is 0 Å². The molecule has 7 nitrogen and oxygen atoms in total. The molecule has 2 aromatic carbocycles. The number of phenols is 1. The summed E-state index contributed by atoms with van der Waals surface area (Å²) in [4.78, 5) is 34.7. The molecule has 1 saturated heterocycles. The third-order valence-electron chi connectivity index (χ3n) is 6.33. The van der Waals surface area contributed by atoms with Gasteiger partial charge in [-0.05, 0) is 41.8 Å². The Morgan fingerprint density at radius 1 is 1.03 bits per heavy atom. The third-order valence-corrected chi connectivity index (χ3v) is 6.33. The fourth-order valence-corrected chi connectivity index (χ4v) is 4.79. The van der Waals surface area contributed by atoms with Gasteiger partial charge in [0.05, 0.1) is 11.3 Å².